The Balaban J connectivity index is 1.81. The maximum absolute atomic E-state index is 5.95. The Labute approximate surface area is 112 Å². The molecule has 2 rings (SSSR count). The van der Waals surface area contributed by atoms with Crippen molar-refractivity contribution in [3.05, 3.63) is 0 Å². The zero-order valence-electron chi connectivity index (χ0n) is 12.3. The molecule has 2 fully saturated rings. The number of fused-ring (bicyclic) bond motifs is 1. The number of rotatable bonds is 5. The van der Waals surface area contributed by atoms with E-state index in [0.717, 1.165) is 19.7 Å². The summed E-state index contributed by atoms with van der Waals surface area (Å²) in [6.07, 6.45) is 7.13. The summed E-state index contributed by atoms with van der Waals surface area (Å²) in [6.45, 7) is 10.0. The van der Waals surface area contributed by atoms with E-state index in [0.29, 0.717) is 24.2 Å². The largest absolute Gasteiger partial charge is 0.375 e. The van der Waals surface area contributed by atoms with Crippen molar-refractivity contribution < 1.29 is 4.74 Å². The van der Waals surface area contributed by atoms with Gasteiger partial charge in [0.1, 0.15) is 0 Å². The van der Waals surface area contributed by atoms with E-state index in [1.807, 2.05) is 0 Å². The first kappa shape index (κ1) is 14.3. The minimum Gasteiger partial charge on any atom is -0.375 e. The average Bonchev–Trinajstić information content (AvgIpc) is 2.37. The molecule has 0 spiro atoms. The SMILES string of the molecule is CC(C)NCCC(C)N1CCOC2CCCCC21. The summed E-state index contributed by atoms with van der Waals surface area (Å²) in [6, 6.07) is 1.98. The molecule has 1 heterocycles. The van der Waals surface area contributed by atoms with Gasteiger partial charge in [0.2, 0.25) is 0 Å². The normalized spacial score (nSPS) is 31.3. The highest BCUT2D eigenvalue weighted by Gasteiger charge is 2.35. The van der Waals surface area contributed by atoms with Gasteiger partial charge in [-0.05, 0) is 32.7 Å². The van der Waals surface area contributed by atoms with Crippen LogP contribution in [0.1, 0.15) is 52.9 Å². The van der Waals surface area contributed by atoms with Gasteiger partial charge in [0, 0.05) is 24.7 Å². The van der Waals surface area contributed by atoms with Crippen molar-refractivity contribution in [1.82, 2.24) is 10.2 Å². The molecule has 0 amide bonds. The van der Waals surface area contributed by atoms with Crippen molar-refractivity contribution in [1.29, 1.82) is 0 Å². The lowest BCUT2D eigenvalue weighted by atomic mass is 9.89. The van der Waals surface area contributed by atoms with Crippen LogP contribution in [0.5, 0.6) is 0 Å². The first-order valence-corrected chi connectivity index (χ1v) is 7.79. The number of morpholine rings is 1. The molecule has 1 saturated carbocycles. The highest BCUT2D eigenvalue weighted by atomic mass is 16.5. The second-order valence-electron chi connectivity index (χ2n) is 6.25. The Morgan fingerprint density at radius 2 is 2.00 bits per heavy atom. The number of ether oxygens (including phenoxy) is 1. The van der Waals surface area contributed by atoms with Crippen molar-refractivity contribution >= 4 is 0 Å². The van der Waals surface area contributed by atoms with Crippen LogP contribution < -0.4 is 5.32 Å². The lowest BCUT2D eigenvalue weighted by Gasteiger charge is -2.46. The van der Waals surface area contributed by atoms with Gasteiger partial charge in [0.15, 0.2) is 0 Å². The molecule has 3 atom stereocenters. The number of hydrogen-bond donors (Lipinski definition) is 1. The molecule has 0 aromatic carbocycles. The lowest BCUT2D eigenvalue weighted by molar-refractivity contribution is -0.101. The Morgan fingerprint density at radius 3 is 2.78 bits per heavy atom. The topological polar surface area (TPSA) is 24.5 Å². The highest BCUT2D eigenvalue weighted by Crippen LogP contribution is 2.30. The number of nitrogens with zero attached hydrogens (tertiary/aromatic N) is 1. The third kappa shape index (κ3) is 3.69. The smallest absolute Gasteiger partial charge is 0.0731 e. The fourth-order valence-electron chi connectivity index (χ4n) is 3.42. The van der Waals surface area contributed by atoms with Crippen LogP contribution in [0.4, 0.5) is 0 Å². The van der Waals surface area contributed by atoms with Gasteiger partial charge in [0.05, 0.1) is 12.7 Å². The fourth-order valence-corrected chi connectivity index (χ4v) is 3.42. The Kier molecular flexibility index (Phi) is 5.46. The zero-order chi connectivity index (χ0) is 13.0. The van der Waals surface area contributed by atoms with Crippen molar-refractivity contribution in [2.24, 2.45) is 0 Å². The number of nitrogens with one attached hydrogen (secondary N) is 1. The predicted octanol–water partition coefficient (Wildman–Crippen LogP) is 2.41. The van der Waals surface area contributed by atoms with E-state index in [9.17, 15) is 0 Å². The van der Waals surface area contributed by atoms with E-state index >= 15 is 0 Å². The minimum atomic E-state index is 0.521. The van der Waals surface area contributed by atoms with Gasteiger partial charge in [-0.25, -0.2) is 0 Å². The molecular formula is C15H30N2O. The van der Waals surface area contributed by atoms with Crippen molar-refractivity contribution in [2.45, 2.75) is 77.1 Å². The van der Waals surface area contributed by atoms with Gasteiger partial charge in [-0.1, -0.05) is 26.7 Å². The van der Waals surface area contributed by atoms with Crippen LogP contribution in [-0.2, 0) is 4.74 Å². The van der Waals surface area contributed by atoms with Gasteiger partial charge < -0.3 is 10.1 Å². The van der Waals surface area contributed by atoms with Crippen molar-refractivity contribution in [3.63, 3.8) is 0 Å². The molecule has 0 radical (unpaired) electrons. The van der Waals surface area contributed by atoms with Gasteiger partial charge in [-0.15, -0.1) is 0 Å². The van der Waals surface area contributed by atoms with Crippen LogP contribution in [0.15, 0.2) is 0 Å². The third-order valence-corrected chi connectivity index (χ3v) is 4.46. The third-order valence-electron chi connectivity index (χ3n) is 4.46. The summed E-state index contributed by atoms with van der Waals surface area (Å²) in [5, 5.41) is 3.53. The molecule has 2 aliphatic rings. The summed E-state index contributed by atoms with van der Waals surface area (Å²) in [5.41, 5.74) is 0. The number of hydrogen-bond acceptors (Lipinski definition) is 3. The molecule has 3 nitrogen and oxygen atoms in total. The lowest BCUT2D eigenvalue weighted by Crippen LogP contribution is -2.56. The predicted molar refractivity (Wildman–Crippen MR) is 75.9 cm³/mol. The maximum Gasteiger partial charge on any atom is 0.0731 e. The Bertz CT molecular complexity index is 243. The van der Waals surface area contributed by atoms with E-state index in [-0.39, 0.29) is 0 Å². The summed E-state index contributed by atoms with van der Waals surface area (Å²) >= 11 is 0. The van der Waals surface area contributed by atoms with Crippen LogP contribution in [0.2, 0.25) is 0 Å². The standard InChI is InChI=1S/C15H30N2O/c1-12(2)16-9-8-13(3)17-10-11-18-15-7-5-4-6-14(15)17/h12-16H,4-11H2,1-3H3. The van der Waals surface area contributed by atoms with Crippen LogP contribution in [0, 0.1) is 0 Å². The molecule has 0 bridgehead atoms. The van der Waals surface area contributed by atoms with E-state index in [1.54, 1.807) is 0 Å². The molecule has 1 aliphatic carbocycles. The molecule has 1 aliphatic heterocycles. The zero-order valence-corrected chi connectivity index (χ0v) is 12.3. The Morgan fingerprint density at radius 1 is 1.22 bits per heavy atom. The van der Waals surface area contributed by atoms with Crippen molar-refractivity contribution in [3.8, 4) is 0 Å². The van der Waals surface area contributed by atoms with Gasteiger partial charge in [-0.3, -0.25) is 4.90 Å². The molecular weight excluding hydrogens is 224 g/mol. The monoisotopic (exact) mass is 254 g/mol. The van der Waals surface area contributed by atoms with E-state index in [2.05, 4.69) is 31.0 Å². The van der Waals surface area contributed by atoms with E-state index < -0.39 is 0 Å². The van der Waals surface area contributed by atoms with Gasteiger partial charge in [-0.2, -0.15) is 0 Å². The molecule has 18 heavy (non-hydrogen) atoms. The molecule has 3 unspecified atom stereocenters. The summed E-state index contributed by atoms with van der Waals surface area (Å²) < 4.78 is 5.95. The quantitative estimate of drug-likeness (QED) is 0.815. The second kappa shape index (κ2) is 6.88. The molecule has 3 heteroatoms. The van der Waals surface area contributed by atoms with Gasteiger partial charge >= 0.3 is 0 Å². The minimum absolute atomic E-state index is 0.521. The first-order chi connectivity index (χ1) is 8.68. The molecule has 106 valence electrons. The molecule has 0 aromatic heterocycles. The summed E-state index contributed by atoms with van der Waals surface area (Å²) in [5.74, 6) is 0. The van der Waals surface area contributed by atoms with Crippen LogP contribution in [-0.4, -0.2) is 48.8 Å². The van der Waals surface area contributed by atoms with Crippen molar-refractivity contribution in [2.75, 3.05) is 19.7 Å². The van der Waals surface area contributed by atoms with Gasteiger partial charge in [0.25, 0.3) is 0 Å². The van der Waals surface area contributed by atoms with Crippen LogP contribution >= 0.6 is 0 Å². The maximum atomic E-state index is 5.95. The van der Waals surface area contributed by atoms with Crippen LogP contribution in [0.25, 0.3) is 0 Å². The van der Waals surface area contributed by atoms with Crippen LogP contribution in [0.3, 0.4) is 0 Å². The highest BCUT2D eigenvalue weighted by molar-refractivity contribution is 4.89. The first-order valence-electron chi connectivity index (χ1n) is 7.79. The average molecular weight is 254 g/mol. The summed E-state index contributed by atoms with van der Waals surface area (Å²) in [7, 11) is 0. The molecule has 0 aromatic rings. The van der Waals surface area contributed by atoms with E-state index in [1.165, 1.54) is 32.1 Å². The molecule has 1 saturated heterocycles. The molecule has 1 N–H and O–H groups in total. The Hall–Kier alpha value is -0.120. The van der Waals surface area contributed by atoms with E-state index in [4.69, 9.17) is 4.74 Å². The second-order valence-corrected chi connectivity index (χ2v) is 6.25. The fraction of sp³-hybridized carbons (Fsp3) is 1.00. The summed E-state index contributed by atoms with van der Waals surface area (Å²) in [4.78, 5) is 2.72.